The molecule has 138 valence electrons. The summed E-state index contributed by atoms with van der Waals surface area (Å²) in [5, 5.41) is 5.78. The average Bonchev–Trinajstić information content (AvgIpc) is 3.23. The maximum Gasteiger partial charge on any atom is 0.270 e. The summed E-state index contributed by atoms with van der Waals surface area (Å²) in [4.78, 5) is 29.6. The van der Waals surface area contributed by atoms with Crippen molar-refractivity contribution in [2.75, 3.05) is 31.2 Å². The highest BCUT2D eigenvalue weighted by Crippen LogP contribution is 2.25. The first-order chi connectivity index (χ1) is 12.7. The summed E-state index contributed by atoms with van der Waals surface area (Å²) in [7, 11) is 0. The average molecular weight is 354 g/mol. The molecular weight excluding hydrogens is 328 g/mol. The molecule has 0 unspecified atom stereocenters. The minimum Gasteiger partial charge on any atom is -0.335 e. The number of hydrogen-bond donors (Lipinski definition) is 0. The van der Waals surface area contributed by atoms with Crippen LogP contribution in [0.5, 0.6) is 0 Å². The predicted octanol–water partition coefficient (Wildman–Crippen LogP) is 2.26. The molecule has 2 fully saturated rings. The van der Waals surface area contributed by atoms with Crippen LogP contribution in [0.1, 0.15) is 38.5 Å². The van der Waals surface area contributed by atoms with Crippen LogP contribution in [-0.2, 0) is 9.59 Å². The Bertz CT molecular complexity index is 689. The minimum absolute atomic E-state index is 0.00972. The fraction of sp³-hybridized carbons (Fsp3) is 0.550. The van der Waals surface area contributed by atoms with Crippen LogP contribution in [0.4, 0.5) is 5.69 Å². The van der Waals surface area contributed by atoms with Gasteiger partial charge in [0.05, 0.1) is 5.69 Å². The number of carbonyl (C=O) groups excluding carboxylic acids is 2. The van der Waals surface area contributed by atoms with E-state index in [1.165, 1.54) is 30.7 Å². The van der Waals surface area contributed by atoms with E-state index in [0.29, 0.717) is 30.3 Å². The Labute approximate surface area is 154 Å². The summed E-state index contributed by atoms with van der Waals surface area (Å²) >= 11 is 0. The number of nitrogens with zero attached hydrogens (tertiary/aromatic N) is 4. The van der Waals surface area contributed by atoms with Crippen molar-refractivity contribution in [3.63, 3.8) is 0 Å². The second kappa shape index (κ2) is 7.58. The lowest BCUT2D eigenvalue weighted by Crippen LogP contribution is -2.53. The third-order valence-electron chi connectivity index (χ3n) is 5.72. The second-order valence-electron chi connectivity index (χ2n) is 7.35. The minimum atomic E-state index is -0.0567. The monoisotopic (exact) mass is 354 g/mol. The Hall–Kier alpha value is -2.21. The van der Waals surface area contributed by atoms with Crippen molar-refractivity contribution in [2.45, 2.75) is 44.6 Å². The molecule has 2 aliphatic heterocycles. The zero-order chi connectivity index (χ0) is 17.9. The first-order valence-electron chi connectivity index (χ1n) is 9.71. The lowest BCUT2D eigenvalue weighted by molar-refractivity contribution is -0.126. The number of hydrazone groups is 1. The Morgan fingerprint density at radius 3 is 2.35 bits per heavy atom. The topological polar surface area (TPSA) is 56.2 Å². The van der Waals surface area contributed by atoms with Crippen molar-refractivity contribution in [3.05, 3.63) is 30.3 Å². The van der Waals surface area contributed by atoms with Gasteiger partial charge >= 0.3 is 0 Å². The van der Waals surface area contributed by atoms with Gasteiger partial charge in [0.2, 0.25) is 5.91 Å². The van der Waals surface area contributed by atoms with Crippen molar-refractivity contribution in [3.8, 4) is 0 Å². The van der Waals surface area contributed by atoms with Crippen LogP contribution in [0.3, 0.4) is 0 Å². The third-order valence-corrected chi connectivity index (χ3v) is 5.72. The van der Waals surface area contributed by atoms with E-state index in [0.717, 1.165) is 26.2 Å². The molecule has 0 bridgehead atoms. The van der Waals surface area contributed by atoms with Gasteiger partial charge in [-0.3, -0.25) is 14.5 Å². The summed E-state index contributed by atoms with van der Waals surface area (Å²) in [5.74, 6) is -0.0664. The van der Waals surface area contributed by atoms with E-state index in [9.17, 15) is 9.59 Å². The Kier molecular flexibility index (Phi) is 5.02. The molecule has 2 amide bonds. The molecule has 1 saturated carbocycles. The van der Waals surface area contributed by atoms with Crippen LogP contribution in [0, 0.1) is 0 Å². The molecule has 26 heavy (non-hydrogen) atoms. The molecule has 1 aromatic rings. The number of hydrogen-bond acceptors (Lipinski definition) is 4. The first kappa shape index (κ1) is 17.2. The summed E-state index contributed by atoms with van der Waals surface area (Å²) in [6.07, 6.45) is 6.04. The number of piperazine rings is 1. The normalized spacial score (nSPS) is 22.6. The Balaban J connectivity index is 1.42. The number of rotatable bonds is 3. The van der Waals surface area contributed by atoms with Crippen LogP contribution in [0.15, 0.2) is 35.4 Å². The number of benzene rings is 1. The van der Waals surface area contributed by atoms with E-state index in [1.54, 1.807) is 0 Å². The summed E-state index contributed by atoms with van der Waals surface area (Å²) < 4.78 is 0. The van der Waals surface area contributed by atoms with Crippen LogP contribution in [0.2, 0.25) is 0 Å². The Morgan fingerprint density at radius 2 is 1.65 bits per heavy atom. The van der Waals surface area contributed by atoms with Gasteiger partial charge in [-0.2, -0.15) is 5.10 Å². The molecule has 4 rings (SSSR count). The molecule has 0 atom stereocenters. The SMILES string of the molecule is O=C(C1=NN(c2ccccc2)C(=O)CC1)N1CCN(C2CCCC2)CC1. The molecule has 1 saturated heterocycles. The van der Waals surface area contributed by atoms with Gasteiger partial charge < -0.3 is 4.90 Å². The molecule has 3 aliphatic rings. The number of carbonyl (C=O) groups is 2. The maximum absolute atomic E-state index is 12.9. The van der Waals surface area contributed by atoms with Gasteiger partial charge in [0.1, 0.15) is 5.71 Å². The lowest BCUT2D eigenvalue weighted by Gasteiger charge is -2.38. The zero-order valence-corrected chi connectivity index (χ0v) is 15.1. The van der Waals surface area contributed by atoms with Crippen molar-refractivity contribution in [1.29, 1.82) is 0 Å². The van der Waals surface area contributed by atoms with Gasteiger partial charge in [-0.1, -0.05) is 31.0 Å². The van der Waals surface area contributed by atoms with Gasteiger partial charge in [0, 0.05) is 45.1 Å². The van der Waals surface area contributed by atoms with E-state index in [1.807, 2.05) is 35.2 Å². The van der Waals surface area contributed by atoms with E-state index >= 15 is 0 Å². The Morgan fingerprint density at radius 1 is 0.962 bits per heavy atom. The van der Waals surface area contributed by atoms with E-state index in [4.69, 9.17) is 0 Å². The first-order valence-corrected chi connectivity index (χ1v) is 9.71. The van der Waals surface area contributed by atoms with Gasteiger partial charge in [-0.05, 0) is 25.0 Å². The van der Waals surface area contributed by atoms with Crippen molar-refractivity contribution >= 4 is 23.2 Å². The van der Waals surface area contributed by atoms with E-state index in [2.05, 4.69) is 10.0 Å². The highest BCUT2D eigenvalue weighted by Gasteiger charge is 2.32. The van der Waals surface area contributed by atoms with Gasteiger partial charge in [-0.25, -0.2) is 5.01 Å². The number of para-hydroxylation sites is 1. The molecule has 6 nitrogen and oxygen atoms in total. The standard InChI is InChI=1S/C20H26N4O2/c25-19-11-10-18(21-24(19)17-8-2-1-3-9-17)20(26)23-14-12-22(13-15-23)16-6-4-5-7-16/h1-3,8-9,16H,4-7,10-15H2. The van der Waals surface area contributed by atoms with E-state index in [-0.39, 0.29) is 11.8 Å². The van der Waals surface area contributed by atoms with E-state index < -0.39 is 0 Å². The van der Waals surface area contributed by atoms with Crippen LogP contribution in [0.25, 0.3) is 0 Å². The smallest absolute Gasteiger partial charge is 0.270 e. The molecule has 1 aromatic carbocycles. The van der Waals surface area contributed by atoms with Crippen molar-refractivity contribution in [2.24, 2.45) is 5.10 Å². The second-order valence-corrected chi connectivity index (χ2v) is 7.35. The van der Waals surface area contributed by atoms with Crippen LogP contribution >= 0.6 is 0 Å². The maximum atomic E-state index is 12.9. The molecule has 0 spiro atoms. The molecule has 0 N–H and O–H groups in total. The highest BCUT2D eigenvalue weighted by atomic mass is 16.2. The molecule has 0 aromatic heterocycles. The fourth-order valence-electron chi connectivity index (χ4n) is 4.22. The molecular formula is C20H26N4O2. The number of anilines is 1. The zero-order valence-electron chi connectivity index (χ0n) is 15.1. The van der Waals surface area contributed by atoms with Gasteiger partial charge in [-0.15, -0.1) is 0 Å². The van der Waals surface area contributed by atoms with Crippen molar-refractivity contribution < 1.29 is 9.59 Å². The fourth-order valence-corrected chi connectivity index (χ4v) is 4.22. The molecule has 2 heterocycles. The van der Waals surface area contributed by atoms with Gasteiger partial charge in [0.15, 0.2) is 0 Å². The number of amides is 2. The quantitative estimate of drug-likeness (QED) is 0.837. The van der Waals surface area contributed by atoms with Gasteiger partial charge in [0.25, 0.3) is 5.91 Å². The third kappa shape index (κ3) is 3.51. The van der Waals surface area contributed by atoms with Crippen LogP contribution < -0.4 is 5.01 Å². The predicted molar refractivity (Wildman–Crippen MR) is 101 cm³/mol. The highest BCUT2D eigenvalue weighted by molar-refractivity contribution is 6.40. The molecule has 1 aliphatic carbocycles. The largest absolute Gasteiger partial charge is 0.335 e. The molecule has 0 radical (unpaired) electrons. The summed E-state index contributed by atoms with van der Waals surface area (Å²) in [6, 6.07) is 10.0. The lowest BCUT2D eigenvalue weighted by atomic mass is 10.1. The van der Waals surface area contributed by atoms with Crippen LogP contribution in [-0.4, -0.2) is 59.5 Å². The molecule has 6 heteroatoms. The summed E-state index contributed by atoms with van der Waals surface area (Å²) in [5.41, 5.74) is 1.22. The summed E-state index contributed by atoms with van der Waals surface area (Å²) in [6.45, 7) is 3.41. The van der Waals surface area contributed by atoms with Crippen molar-refractivity contribution in [1.82, 2.24) is 9.80 Å².